The summed E-state index contributed by atoms with van der Waals surface area (Å²) in [7, 11) is 0. The Bertz CT molecular complexity index is 425. The number of benzene rings is 1. The fourth-order valence-corrected chi connectivity index (χ4v) is 3.22. The van der Waals surface area contributed by atoms with Gasteiger partial charge in [-0.25, -0.2) is 0 Å². The molecular formula is C16H24N2O. The van der Waals surface area contributed by atoms with Crippen LogP contribution < -0.4 is 5.32 Å². The summed E-state index contributed by atoms with van der Waals surface area (Å²) in [5.41, 5.74) is 1.06. The lowest BCUT2D eigenvalue weighted by atomic mass is 10.0. The lowest BCUT2D eigenvalue weighted by Crippen LogP contribution is -2.40. The monoisotopic (exact) mass is 260 g/mol. The van der Waals surface area contributed by atoms with Gasteiger partial charge in [-0.15, -0.1) is 0 Å². The Hall–Kier alpha value is -1.06. The number of phenolic OH excluding ortho intramolecular Hbond substituents is 1. The van der Waals surface area contributed by atoms with E-state index in [1.54, 1.807) is 6.07 Å². The van der Waals surface area contributed by atoms with Gasteiger partial charge in [-0.1, -0.05) is 18.2 Å². The van der Waals surface area contributed by atoms with Crippen LogP contribution in [0.2, 0.25) is 0 Å². The molecule has 2 fully saturated rings. The summed E-state index contributed by atoms with van der Waals surface area (Å²) < 4.78 is 0. The summed E-state index contributed by atoms with van der Waals surface area (Å²) in [6, 6.07) is 9.42. The minimum Gasteiger partial charge on any atom is -0.508 e. The van der Waals surface area contributed by atoms with Crippen LogP contribution in [0, 0.1) is 0 Å². The Morgan fingerprint density at radius 1 is 1.32 bits per heavy atom. The molecule has 1 aromatic rings. The van der Waals surface area contributed by atoms with Crippen LogP contribution in [0.4, 0.5) is 0 Å². The molecule has 1 heterocycles. The zero-order valence-electron chi connectivity index (χ0n) is 11.7. The molecule has 1 aliphatic heterocycles. The third-order valence-electron chi connectivity index (χ3n) is 4.49. The van der Waals surface area contributed by atoms with E-state index in [1.165, 1.54) is 25.7 Å². The van der Waals surface area contributed by atoms with Gasteiger partial charge in [0.25, 0.3) is 0 Å². The normalized spacial score (nSPS) is 24.8. The van der Waals surface area contributed by atoms with Crippen LogP contribution in [0.5, 0.6) is 5.75 Å². The van der Waals surface area contributed by atoms with Gasteiger partial charge in [0.2, 0.25) is 0 Å². The highest BCUT2D eigenvalue weighted by Gasteiger charge is 2.35. The summed E-state index contributed by atoms with van der Waals surface area (Å²) in [6.45, 7) is 4.50. The third kappa shape index (κ3) is 2.93. The predicted octanol–water partition coefficient (Wildman–Crippen LogP) is 2.67. The van der Waals surface area contributed by atoms with E-state index in [9.17, 15) is 5.11 Å². The van der Waals surface area contributed by atoms with E-state index in [2.05, 4.69) is 23.2 Å². The zero-order chi connectivity index (χ0) is 13.2. The minimum absolute atomic E-state index is 0.302. The van der Waals surface area contributed by atoms with Crippen molar-refractivity contribution in [2.24, 2.45) is 0 Å². The Kier molecular flexibility index (Phi) is 3.76. The molecule has 2 aliphatic rings. The van der Waals surface area contributed by atoms with Crippen LogP contribution >= 0.6 is 0 Å². The molecule has 2 unspecified atom stereocenters. The van der Waals surface area contributed by atoms with Crippen molar-refractivity contribution in [2.75, 3.05) is 13.1 Å². The highest BCUT2D eigenvalue weighted by molar-refractivity contribution is 5.34. The van der Waals surface area contributed by atoms with Crippen molar-refractivity contribution in [3.05, 3.63) is 29.8 Å². The summed E-state index contributed by atoms with van der Waals surface area (Å²) in [5, 5.41) is 13.6. The first-order valence-corrected chi connectivity index (χ1v) is 7.52. The summed E-state index contributed by atoms with van der Waals surface area (Å²) in [4.78, 5) is 2.58. The highest BCUT2D eigenvalue weighted by Crippen LogP contribution is 2.37. The van der Waals surface area contributed by atoms with Crippen LogP contribution in [-0.2, 0) is 0 Å². The average Bonchev–Trinajstić information content (AvgIpc) is 3.13. The summed E-state index contributed by atoms with van der Waals surface area (Å²) in [6.07, 6.45) is 5.21. The van der Waals surface area contributed by atoms with Crippen LogP contribution in [0.3, 0.4) is 0 Å². The number of nitrogens with zero attached hydrogens (tertiary/aromatic N) is 1. The standard InChI is InChI=1S/C16H24N2O/c1-12(15-6-2-3-7-16(15)19)18(14-8-9-14)11-13-5-4-10-17-13/h2-3,6-7,12-14,17,19H,4-5,8-11H2,1H3. The maximum absolute atomic E-state index is 10.1. The van der Waals surface area contributed by atoms with Crippen LogP contribution in [0.25, 0.3) is 0 Å². The Labute approximate surface area is 115 Å². The van der Waals surface area contributed by atoms with Crippen molar-refractivity contribution in [1.82, 2.24) is 10.2 Å². The molecule has 1 saturated carbocycles. The van der Waals surface area contributed by atoms with E-state index in [0.29, 0.717) is 17.8 Å². The van der Waals surface area contributed by atoms with Gasteiger partial charge in [-0.3, -0.25) is 4.90 Å². The van der Waals surface area contributed by atoms with Crippen LogP contribution in [0.1, 0.15) is 44.2 Å². The van der Waals surface area contributed by atoms with Crippen LogP contribution in [0.15, 0.2) is 24.3 Å². The van der Waals surface area contributed by atoms with Gasteiger partial charge in [0, 0.05) is 30.2 Å². The molecule has 0 aromatic heterocycles. The van der Waals surface area contributed by atoms with Gasteiger partial charge in [-0.05, 0) is 45.2 Å². The third-order valence-corrected chi connectivity index (χ3v) is 4.49. The van der Waals surface area contributed by atoms with E-state index in [4.69, 9.17) is 0 Å². The molecule has 3 rings (SSSR count). The van der Waals surface area contributed by atoms with Crippen molar-refractivity contribution in [3.63, 3.8) is 0 Å². The quantitative estimate of drug-likeness (QED) is 0.854. The molecule has 3 heteroatoms. The molecule has 0 spiro atoms. The Morgan fingerprint density at radius 2 is 2.11 bits per heavy atom. The first-order chi connectivity index (χ1) is 9.25. The number of hydrogen-bond acceptors (Lipinski definition) is 3. The van der Waals surface area contributed by atoms with Crippen molar-refractivity contribution in [2.45, 2.75) is 50.7 Å². The molecule has 0 bridgehead atoms. The molecule has 1 saturated heterocycles. The molecule has 0 radical (unpaired) electrons. The second kappa shape index (κ2) is 5.51. The first kappa shape index (κ1) is 12.9. The molecule has 2 atom stereocenters. The maximum Gasteiger partial charge on any atom is 0.120 e. The lowest BCUT2D eigenvalue weighted by molar-refractivity contribution is 0.179. The predicted molar refractivity (Wildman–Crippen MR) is 77.3 cm³/mol. The summed E-state index contributed by atoms with van der Waals surface area (Å²) in [5.74, 6) is 0.431. The van der Waals surface area contributed by atoms with E-state index in [1.807, 2.05) is 12.1 Å². The van der Waals surface area contributed by atoms with E-state index in [-0.39, 0.29) is 0 Å². The second-order valence-corrected chi connectivity index (χ2v) is 5.96. The SMILES string of the molecule is CC(c1ccccc1O)N(CC1CCCN1)C1CC1. The van der Waals surface area contributed by atoms with E-state index in [0.717, 1.165) is 24.7 Å². The minimum atomic E-state index is 0.302. The van der Waals surface area contributed by atoms with Crippen molar-refractivity contribution in [1.29, 1.82) is 0 Å². The van der Waals surface area contributed by atoms with E-state index < -0.39 is 0 Å². The van der Waals surface area contributed by atoms with Gasteiger partial charge < -0.3 is 10.4 Å². The number of hydrogen-bond donors (Lipinski definition) is 2. The largest absolute Gasteiger partial charge is 0.508 e. The van der Waals surface area contributed by atoms with Crippen molar-refractivity contribution in [3.8, 4) is 5.75 Å². The highest BCUT2D eigenvalue weighted by atomic mass is 16.3. The molecule has 1 aromatic carbocycles. The molecule has 104 valence electrons. The number of nitrogens with one attached hydrogen (secondary N) is 1. The smallest absolute Gasteiger partial charge is 0.120 e. The number of phenols is 1. The molecule has 3 nitrogen and oxygen atoms in total. The zero-order valence-corrected chi connectivity index (χ0v) is 11.7. The van der Waals surface area contributed by atoms with E-state index >= 15 is 0 Å². The van der Waals surface area contributed by atoms with Gasteiger partial charge in [0.05, 0.1) is 0 Å². The fraction of sp³-hybridized carbons (Fsp3) is 0.625. The number of para-hydroxylation sites is 1. The topological polar surface area (TPSA) is 35.5 Å². The number of rotatable bonds is 5. The Balaban J connectivity index is 1.73. The average molecular weight is 260 g/mol. The molecule has 1 aliphatic carbocycles. The van der Waals surface area contributed by atoms with Gasteiger partial charge in [-0.2, -0.15) is 0 Å². The van der Waals surface area contributed by atoms with Gasteiger partial charge in [0.15, 0.2) is 0 Å². The second-order valence-electron chi connectivity index (χ2n) is 5.96. The molecule has 0 amide bonds. The Morgan fingerprint density at radius 3 is 2.74 bits per heavy atom. The fourth-order valence-electron chi connectivity index (χ4n) is 3.22. The van der Waals surface area contributed by atoms with Crippen molar-refractivity contribution < 1.29 is 5.11 Å². The lowest BCUT2D eigenvalue weighted by Gasteiger charge is -2.32. The molecular weight excluding hydrogens is 236 g/mol. The van der Waals surface area contributed by atoms with Gasteiger partial charge >= 0.3 is 0 Å². The maximum atomic E-state index is 10.1. The van der Waals surface area contributed by atoms with Gasteiger partial charge in [0.1, 0.15) is 5.75 Å². The summed E-state index contributed by atoms with van der Waals surface area (Å²) >= 11 is 0. The van der Waals surface area contributed by atoms with Crippen molar-refractivity contribution >= 4 is 0 Å². The van der Waals surface area contributed by atoms with Crippen LogP contribution in [-0.4, -0.2) is 35.2 Å². The molecule has 2 N–H and O–H groups in total. The first-order valence-electron chi connectivity index (χ1n) is 7.52. The number of aromatic hydroxyl groups is 1. The molecule has 19 heavy (non-hydrogen) atoms.